The van der Waals surface area contributed by atoms with E-state index >= 15 is 0 Å². The zero-order valence-electron chi connectivity index (χ0n) is 13.4. The monoisotopic (exact) mass is 422 g/mol. The molecule has 6 nitrogen and oxygen atoms in total. The number of thiophene rings is 1. The Balaban J connectivity index is 1.56. The van der Waals surface area contributed by atoms with Gasteiger partial charge in [-0.3, -0.25) is 14.2 Å². The van der Waals surface area contributed by atoms with Gasteiger partial charge in [0.05, 0.1) is 29.7 Å². The van der Waals surface area contributed by atoms with Crippen LogP contribution >= 0.6 is 27.3 Å². The zero-order valence-corrected chi connectivity index (χ0v) is 15.8. The van der Waals surface area contributed by atoms with E-state index in [9.17, 15) is 9.59 Å². The van der Waals surface area contributed by atoms with E-state index in [1.807, 2.05) is 17.5 Å². The van der Waals surface area contributed by atoms with Gasteiger partial charge in [0.2, 0.25) is 0 Å². The zero-order chi connectivity index (χ0) is 17.8. The van der Waals surface area contributed by atoms with Gasteiger partial charge in [-0.25, -0.2) is 4.98 Å². The molecule has 2 aromatic heterocycles. The molecule has 0 aliphatic rings. The average molecular weight is 423 g/mol. The van der Waals surface area contributed by atoms with Crippen LogP contribution in [0.2, 0.25) is 0 Å². The highest BCUT2D eigenvalue weighted by molar-refractivity contribution is 9.10. The maximum atomic E-state index is 12.2. The molecule has 3 aromatic rings. The summed E-state index contributed by atoms with van der Waals surface area (Å²) < 4.78 is 12.6. The molecule has 0 N–H and O–H groups in total. The normalized spacial score (nSPS) is 10.8. The third-order valence-corrected chi connectivity index (χ3v) is 5.06. The summed E-state index contributed by atoms with van der Waals surface area (Å²) in [6.07, 6.45) is 1.57. The van der Waals surface area contributed by atoms with Gasteiger partial charge in [0.25, 0.3) is 5.56 Å². The summed E-state index contributed by atoms with van der Waals surface area (Å²) >= 11 is 4.81. The molecular weight excluding hydrogens is 408 g/mol. The molecule has 0 radical (unpaired) electrons. The fourth-order valence-electron chi connectivity index (χ4n) is 2.30. The Kier molecular flexibility index (Phi) is 5.50. The van der Waals surface area contributed by atoms with Crippen LogP contribution in [-0.4, -0.2) is 22.6 Å². The van der Waals surface area contributed by atoms with Crippen LogP contribution in [-0.2, 0) is 22.7 Å². The Bertz CT molecular complexity index is 967. The van der Waals surface area contributed by atoms with Crippen LogP contribution in [0.3, 0.4) is 0 Å². The highest BCUT2D eigenvalue weighted by Gasteiger charge is 2.09. The number of rotatable bonds is 6. The topological polar surface area (TPSA) is 70.4 Å². The number of esters is 1. The van der Waals surface area contributed by atoms with Crippen LogP contribution in [0.1, 0.15) is 12.0 Å². The van der Waals surface area contributed by atoms with Crippen LogP contribution in [0.4, 0.5) is 0 Å². The van der Waals surface area contributed by atoms with E-state index in [0.717, 1.165) is 10.0 Å². The van der Waals surface area contributed by atoms with E-state index < -0.39 is 0 Å². The van der Waals surface area contributed by atoms with Gasteiger partial charge in [-0.1, -0.05) is 6.07 Å². The van der Waals surface area contributed by atoms with Crippen molar-refractivity contribution in [2.45, 2.75) is 19.6 Å². The van der Waals surface area contributed by atoms with Crippen molar-refractivity contribution in [3.8, 4) is 5.75 Å². The van der Waals surface area contributed by atoms with Crippen LogP contribution < -0.4 is 10.3 Å². The predicted octanol–water partition coefficient (Wildman–Crippen LogP) is 3.36. The summed E-state index contributed by atoms with van der Waals surface area (Å²) in [7, 11) is 1.59. The quantitative estimate of drug-likeness (QED) is 0.569. The van der Waals surface area contributed by atoms with Gasteiger partial charge in [0.15, 0.2) is 0 Å². The van der Waals surface area contributed by atoms with Gasteiger partial charge in [-0.05, 0) is 45.1 Å². The van der Waals surface area contributed by atoms with Gasteiger partial charge in [-0.15, -0.1) is 11.3 Å². The van der Waals surface area contributed by atoms with E-state index in [2.05, 4.69) is 20.9 Å². The minimum Gasteiger partial charge on any atom is -0.496 e. The van der Waals surface area contributed by atoms with Gasteiger partial charge < -0.3 is 9.47 Å². The Morgan fingerprint density at radius 3 is 2.96 bits per heavy atom. The molecular formula is C17H15BrN2O4S. The fraction of sp³-hybridized carbons (Fsp3) is 0.235. The highest BCUT2D eigenvalue weighted by Crippen LogP contribution is 2.25. The van der Waals surface area contributed by atoms with Crippen molar-refractivity contribution >= 4 is 43.5 Å². The lowest BCUT2D eigenvalue weighted by Gasteiger charge is -2.08. The number of nitrogens with zero attached hydrogens (tertiary/aromatic N) is 2. The SMILES string of the molecule is COc1ccc(COC(=O)CCn2cnc3sccc3c2=O)cc1Br. The molecule has 0 fully saturated rings. The first-order valence-corrected chi connectivity index (χ1v) is 9.16. The third kappa shape index (κ3) is 4.08. The second-order valence-electron chi connectivity index (χ2n) is 5.26. The van der Waals surface area contributed by atoms with Gasteiger partial charge in [0, 0.05) is 6.54 Å². The minimum atomic E-state index is -0.371. The number of ether oxygens (including phenoxy) is 2. The number of hydrogen-bond acceptors (Lipinski definition) is 6. The lowest BCUT2D eigenvalue weighted by Crippen LogP contribution is -2.21. The van der Waals surface area contributed by atoms with E-state index in [1.165, 1.54) is 22.2 Å². The molecule has 25 heavy (non-hydrogen) atoms. The molecule has 0 amide bonds. The summed E-state index contributed by atoms with van der Waals surface area (Å²) in [6, 6.07) is 7.21. The first kappa shape index (κ1) is 17.6. The number of halogens is 1. The van der Waals surface area contributed by atoms with Crippen molar-refractivity contribution in [3.63, 3.8) is 0 Å². The molecule has 1 aromatic carbocycles. The molecule has 8 heteroatoms. The summed E-state index contributed by atoms with van der Waals surface area (Å²) in [5.41, 5.74) is 0.706. The maximum Gasteiger partial charge on any atom is 0.307 e. The first-order chi connectivity index (χ1) is 12.1. The van der Waals surface area contributed by atoms with Gasteiger partial charge >= 0.3 is 5.97 Å². The number of carbonyl (C=O) groups excluding carboxylic acids is 1. The molecule has 0 saturated carbocycles. The Morgan fingerprint density at radius 2 is 2.20 bits per heavy atom. The van der Waals surface area contributed by atoms with E-state index in [1.54, 1.807) is 19.2 Å². The van der Waals surface area contributed by atoms with Crippen molar-refractivity contribution in [3.05, 3.63) is 56.4 Å². The van der Waals surface area contributed by atoms with E-state index in [4.69, 9.17) is 9.47 Å². The lowest BCUT2D eigenvalue weighted by atomic mass is 10.2. The molecule has 0 aliphatic carbocycles. The number of aryl methyl sites for hydroxylation is 1. The summed E-state index contributed by atoms with van der Waals surface area (Å²) in [5, 5.41) is 2.40. The van der Waals surface area contributed by atoms with Crippen LogP contribution in [0.25, 0.3) is 10.2 Å². The van der Waals surface area contributed by atoms with Crippen molar-refractivity contribution in [1.82, 2.24) is 9.55 Å². The largest absolute Gasteiger partial charge is 0.496 e. The molecule has 0 bridgehead atoms. The predicted molar refractivity (Wildman–Crippen MR) is 99.0 cm³/mol. The lowest BCUT2D eigenvalue weighted by molar-refractivity contribution is -0.145. The highest BCUT2D eigenvalue weighted by atomic mass is 79.9. The number of methoxy groups -OCH3 is 1. The maximum absolute atomic E-state index is 12.2. The second kappa shape index (κ2) is 7.79. The van der Waals surface area contributed by atoms with Gasteiger partial charge in [-0.2, -0.15) is 0 Å². The smallest absolute Gasteiger partial charge is 0.307 e. The van der Waals surface area contributed by atoms with Gasteiger partial charge in [0.1, 0.15) is 17.2 Å². The number of carbonyl (C=O) groups is 1. The second-order valence-corrected chi connectivity index (χ2v) is 7.01. The van der Waals surface area contributed by atoms with Crippen molar-refractivity contribution < 1.29 is 14.3 Å². The van der Waals surface area contributed by atoms with E-state index in [0.29, 0.717) is 16.0 Å². The van der Waals surface area contributed by atoms with E-state index in [-0.39, 0.29) is 31.1 Å². The molecule has 3 rings (SSSR count). The van der Waals surface area contributed by atoms with Crippen LogP contribution in [0.15, 0.2) is 45.2 Å². The Hall–Kier alpha value is -2.19. The molecule has 0 aliphatic heterocycles. The molecule has 0 atom stereocenters. The van der Waals surface area contributed by atoms with Crippen molar-refractivity contribution in [2.75, 3.05) is 7.11 Å². The fourth-order valence-corrected chi connectivity index (χ4v) is 3.61. The molecule has 0 spiro atoms. The first-order valence-electron chi connectivity index (χ1n) is 7.49. The van der Waals surface area contributed by atoms with Crippen molar-refractivity contribution in [1.29, 1.82) is 0 Å². The third-order valence-electron chi connectivity index (χ3n) is 3.62. The number of benzene rings is 1. The van der Waals surface area contributed by atoms with Crippen LogP contribution in [0, 0.1) is 0 Å². The average Bonchev–Trinajstić information content (AvgIpc) is 3.09. The van der Waals surface area contributed by atoms with Crippen LogP contribution in [0.5, 0.6) is 5.75 Å². The standard InChI is InChI=1S/C17H15BrN2O4S/c1-23-14-3-2-11(8-13(14)18)9-24-15(21)4-6-20-10-19-16-12(17(20)22)5-7-25-16/h2-3,5,7-8,10H,4,6,9H2,1H3. The molecule has 0 saturated heterocycles. The van der Waals surface area contributed by atoms with Crippen molar-refractivity contribution in [2.24, 2.45) is 0 Å². The Morgan fingerprint density at radius 1 is 1.36 bits per heavy atom. The Labute approximate surface area is 156 Å². The summed E-state index contributed by atoms with van der Waals surface area (Å²) in [5.74, 6) is 0.343. The minimum absolute atomic E-state index is 0.106. The molecule has 0 unspecified atom stereocenters. The molecule has 2 heterocycles. The summed E-state index contributed by atoms with van der Waals surface area (Å²) in [4.78, 5) is 29.1. The number of fused-ring (bicyclic) bond motifs is 1. The number of hydrogen-bond donors (Lipinski definition) is 0. The summed E-state index contributed by atoms with van der Waals surface area (Å²) in [6.45, 7) is 0.404. The molecule has 130 valence electrons. The number of aromatic nitrogens is 2.